The van der Waals surface area contributed by atoms with Crippen molar-refractivity contribution in [3.63, 3.8) is 0 Å². The molecule has 92 valence electrons. The number of para-hydroxylation sites is 1. The zero-order valence-corrected chi connectivity index (χ0v) is 10.7. The molecule has 2 nitrogen and oxygen atoms in total. The molecule has 1 rings (SSSR count). The van der Waals surface area contributed by atoms with Crippen LogP contribution in [0.25, 0.3) is 6.08 Å². The van der Waals surface area contributed by atoms with Crippen molar-refractivity contribution >= 4 is 6.08 Å². The highest BCUT2D eigenvalue weighted by Gasteiger charge is 2.01. The zero-order valence-electron chi connectivity index (χ0n) is 10.7. The van der Waals surface area contributed by atoms with Crippen LogP contribution in [0.15, 0.2) is 42.5 Å². The fourth-order valence-corrected chi connectivity index (χ4v) is 1.60. The third kappa shape index (κ3) is 4.45. The molecule has 0 atom stereocenters. The van der Waals surface area contributed by atoms with Crippen molar-refractivity contribution in [2.45, 2.75) is 13.3 Å². The molecule has 1 aromatic carbocycles. The Bertz CT molecular complexity index is 382. The summed E-state index contributed by atoms with van der Waals surface area (Å²) in [5, 5.41) is 3.18. The van der Waals surface area contributed by atoms with E-state index in [4.69, 9.17) is 4.74 Å². The number of nitrogens with one attached hydrogen (secondary N) is 1. The van der Waals surface area contributed by atoms with Crippen LogP contribution >= 0.6 is 0 Å². The van der Waals surface area contributed by atoms with Gasteiger partial charge in [0.25, 0.3) is 0 Å². The van der Waals surface area contributed by atoms with Gasteiger partial charge in [-0.05, 0) is 19.5 Å². The van der Waals surface area contributed by atoms with E-state index >= 15 is 0 Å². The minimum Gasteiger partial charge on any atom is -0.489 e. The molecular formula is C15H21NO. The van der Waals surface area contributed by atoms with Crippen molar-refractivity contribution in [1.82, 2.24) is 5.32 Å². The maximum atomic E-state index is 5.63. The standard InChI is InChI=1S/C15H21NO/c1-4-10-17-15-9-7-6-8-14(15)11-13(5-2)12-16-3/h4,6-9,11,16H,1,5,10,12H2,2-3H3. The third-order valence-electron chi connectivity index (χ3n) is 2.49. The van der Waals surface area contributed by atoms with Crippen LogP contribution in [0.2, 0.25) is 0 Å². The molecule has 1 aromatic rings. The first kappa shape index (κ1) is 13.5. The molecule has 0 aliphatic carbocycles. The maximum Gasteiger partial charge on any atom is 0.126 e. The van der Waals surface area contributed by atoms with Gasteiger partial charge in [-0.25, -0.2) is 0 Å². The number of ether oxygens (including phenoxy) is 1. The van der Waals surface area contributed by atoms with Gasteiger partial charge in [-0.3, -0.25) is 0 Å². The lowest BCUT2D eigenvalue weighted by Crippen LogP contribution is -2.09. The van der Waals surface area contributed by atoms with Gasteiger partial charge in [0.1, 0.15) is 12.4 Å². The second-order valence-electron chi connectivity index (χ2n) is 3.82. The normalized spacial score (nSPS) is 11.3. The largest absolute Gasteiger partial charge is 0.489 e. The number of hydrogen-bond acceptors (Lipinski definition) is 2. The van der Waals surface area contributed by atoms with Gasteiger partial charge in [0.05, 0.1) is 0 Å². The highest BCUT2D eigenvalue weighted by Crippen LogP contribution is 2.21. The summed E-state index contributed by atoms with van der Waals surface area (Å²) in [7, 11) is 1.96. The smallest absolute Gasteiger partial charge is 0.126 e. The number of rotatable bonds is 7. The van der Waals surface area contributed by atoms with Crippen molar-refractivity contribution in [2.75, 3.05) is 20.2 Å². The van der Waals surface area contributed by atoms with Crippen LogP contribution in [0.1, 0.15) is 18.9 Å². The molecule has 0 aromatic heterocycles. The van der Waals surface area contributed by atoms with E-state index in [0.29, 0.717) is 6.61 Å². The number of hydrogen-bond donors (Lipinski definition) is 1. The van der Waals surface area contributed by atoms with E-state index < -0.39 is 0 Å². The molecule has 0 unspecified atom stereocenters. The molecule has 0 heterocycles. The Balaban J connectivity index is 2.91. The average Bonchev–Trinajstić information content (AvgIpc) is 2.37. The molecule has 0 bridgehead atoms. The SMILES string of the molecule is C=CCOc1ccccc1C=C(CC)CNC. The van der Waals surface area contributed by atoms with E-state index in [9.17, 15) is 0 Å². The second kappa shape index (κ2) is 7.69. The summed E-state index contributed by atoms with van der Waals surface area (Å²) in [5.74, 6) is 0.912. The monoisotopic (exact) mass is 231 g/mol. The summed E-state index contributed by atoms with van der Waals surface area (Å²) >= 11 is 0. The Morgan fingerprint density at radius 1 is 1.41 bits per heavy atom. The van der Waals surface area contributed by atoms with Crippen LogP contribution < -0.4 is 10.1 Å². The summed E-state index contributed by atoms with van der Waals surface area (Å²) < 4.78 is 5.63. The lowest BCUT2D eigenvalue weighted by molar-refractivity contribution is 0.362. The predicted octanol–water partition coefficient (Wildman–Crippen LogP) is 3.26. The van der Waals surface area contributed by atoms with Crippen molar-refractivity contribution in [1.29, 1.82) is 0 Å². The summed E-state index contributed by atoms with van der Waals surface area (Å²) in [6.07, 6.45) is 4.99. The minimum absolute atomic E-state index is 0.540. The molecule has 0 saturated carbocycles. The van der Waals surface area contributed by atoms with Crippen molar-refractivity contribution in [3.05, 3.63) is 48.1 Å². The molecule has 0 radical (unpaired) electrons. The van der Waals surface area contributed by atoms with Gasteiger partial charge in [-0.2, -0.15) is 0 Å². The van der Waals surface area contributed by atoms with Gasteiger partial charge in [0.15, 0.2) is 0 Å². The van der Waals surface area contributed by atoms with Crippen LogP contribution in [-0.4, -0.2) is 20.2 Å². The number of benzene rings is 1. The lowest BCUT2D eigenvalue weighted by atomic mass is 10.1. The molecule has 0 fully saturated rings. The summed E-state index contributed by atoms with van der Waals surface area (Å²) in [5.41, 5.74) is 2.49. The van der Waals surface area contributed by atoms with E-state index in [1.54, 1.807) is 6.08 Å². The second-order valence-corrected chi connectivity index (χ2v) is 3.82. The lowest BCUT2D eigenvalue weighted by Gasteiger charge is -2.09. The highest BCUT2D eigenvalue weighted by molar-refractivity contribution is 5.60. The Hall–Kier alpha value is -1.54. The van der Waals surface area contributed by atoms with Crippen LogP contribution in [0.5, 0.6) is 5.75 Å². The van der Waals surface area contributed by atoms with Gasteiger partial charge in [-0.1, -0.05) is 49.4 Å². The van der Waals surface area contributed by atoms with Gasteiger partial charge < -0.3 is 10.1 Å². The summed E-state index contributed by atoms with van der Waals surface area (Å²) in [6.45, 7) is 7.27. The van der Waals surface area contributed by atoms with Gasteiger partial charge in [0, 0.05) is 12.1 Å². The van der Waals surface area contributed by atoms with E-state index in [-0.39, 0.29) is 0 Å². The first-order valence-electron chi connectivity index (χ1n) is 5.98. The zero-order chi connectivity index (χ0) is 12.5. The molecular weight excluding hydrogens is 210 g/mol. The molecule has 1 N–H and O–H groups in total. The fourth-order valence-electron chi connectivity index (χ4n) is 1.60. The van der Waals surface area contributed by atoms with E-state index in [1.165, 1.54) is 5.57 Å². The Kier molecular flexibility index (Phi) is 6.12. The quantitative estimate of drug-likeness (QED) is 0.727. The third-order valence-corrected chi connectivity index (χ3v) is 2.49. The van der Waals surface area contributed by atoms with Crippen LogP contribution in [0.3, 0.4) is 0 Å². The first-order valence-corrected chi connectivity index (χ1v) is 5.98. The molecule has 0 spiro atoms. The van der Waals surface area contributed by atoms with Gasteiger partial charge in [-0.15, -0.1) is 0 Å². The Morgan fingerprint density at radius 3 is 2.82 bits per heavy atom. The van der Waals surface area contributed by atoms with Gasteiger partial charge >= 0.3 is 0 Å². The molecule has 0 saturated heterocycles. The van der Waals surface area contributed by atoms with E-state index in [0.717, 1.165) is 24.3 Å². The summed E-state index contributed by atoms with van der Waals surface area (Å²) in [4.78, 5) is 0. The molecule has 2 heteroatoms. The van der Waals surface area contributed by atoms with E-state index in [2.05, 4.69) is 31.0 Å². The van der Waals surface area contributed by atoms with Crippen molar-refractivity contribution in [3.8, 4) is 5.75 Å². The van der Waals surface area contributed by atoms with Crippen LogP contribution in [0, 0.1) is 0 Å². The summed E-state index contributed by atoms with van der Waals surface area (Å²) in [6, 6.07) is 8.07. The topological polar surface area (TPSA) is 21.3 Å². The molecule has 17 heavy (non-hydrogen) atoms. The highest BCUT2D eigenvalue weighted by atomic mass is 16.5. The predicted molar refractivity (Wildman–Crippen MR) is 74.3 cm³/mol. The molecule has 0 aliphatic heterocycles. The van der Waals surface area contributed by atoms with Crippen molar-refractivity contribution in [2.24, 2.45) is 0 Å². The van der Waals surface area contributed by atoms with Crippen molar-refractivity contribution < 1.29 is 4.74 Å². The number of likely N-dealkylation sites (N-methyl/N-ethyl adjacent to an activating group) is 1. The minimum atomic E-state index is 0.540. The van der Waals surface area contributed by atoms with Crippen LogP contribution in [0.4, 0.5) is 0 Å². The molecule has 0 aliphatic rings. The fraction of sp³-hybridized carbons (Fsp3) is 0.333. The molecule has 0 amide bonds. The maximum absolute atomic E-state index is 5.63. The van der Waals surface area contributed by atoms with E-state index in [1.807, 2.05) is 25.2 Å². The average molecular weight is 231 g/mol. The first-order chi connectivity index (χ1) is 8.31. The van der Waals surface area contributed by atoms with Gasteiger partial charge in [0.2, 0.25) is 0 Å². The van der Waals surface area contributed by atoms with Crippen LogP contribution in [-0.2, 0) is 0 Å². The Morgan fingerprint density at radius 2 is 2.18 bits per heavy atom. The Labute approximate surface area is 104 Å².